The first-order valence-electron chi connectivity index (χ1n) is 6.39. The van der Waals surface area contributed by atoms with Crippen molar-refractivity contribution in [3.8, 4) is 0 Å². The minimum Gasteiger partial charge on any atom is -0.322 e. The molecule has 19 heavy (non-hydrogen) atoms. The number of halogens is 2. The first-order valence-corrected chi connectivity index (χ1v) is 7.19. The van der Waals surface area contributed by atoms with Gasteiger partial charge in [0.25, 0.3) is 0 Å². The van der Waals surface area contributed by atoms with Gasteiger partial charge < -0.3 is 10.6 Å². The molecule has 1 aliphatic heterocycles. The maximum atomic E-state index is 13.7. The molecule has 1 aromatic rings. The fourth-order valence-electron chi connectivity index (χ4n) is 2.45. The summed E-state index contributed by atoms with van der Waals surface area (Å²) in [5.41, 5.74) is 0.102. The highest BCUT2D eigenvalue weighted by atomic mass is 79.9. The molecule has 1 amide bonds. The Bertz CT molecular complexity index is 490. The van der Waals surface area contributed by atoms with E-state index in [9.17, 15) is 9.18 Å². The van der Waals surface area contributed by atoms with E-state index in [1.165, 1.54) is 6.07 Å². The molecule has 1 atom stereocenters. The van der Waals surface area contributed by atoms with E-state index in [4.69, 9.17) is 0 Å². The van der Waals surface area contributed by atoms with Crippen molar-refractivity contribution in [1.29, 1.82) is 0 Å². The quantitative estimate of drug-likeness (QED) is 0.874. The first kappa shape index (κ1) is 14.5. The average Bonchev–Trinajstić information content (AvgIpc) is 2.32. The molecule has 0 aromatic heterocycles. The number of amides is 1. The third-order valence-corrected chi connectivity index (χ3v) is 4.07. The van der Waals surface area contributed by atoms with Crippen LogP contribution in [0, 0.1) is 11.2 Å². The summed E-state index contributed by atoms with van der Waals surface area (Å²) in [6.45, 7) is 4.94. The van der Waals surface area contributed by atoms with Crippen molar-refractivity contribution >= 4 is 27.5 Å². The van der Waals surface area contributed by atoms with Gasteiger partial charge in [-0.25, -0.2) is 4.39 Å². The van der Waals surface area contributed by atoms with Gasteiger partial charge in [-0.2, -0.15) is 0 Å². The second kappa shape index (κ2) is 5.59. The molecule has 104 valence electrons. The van der Waals surface area contributed by atoms with Crippen molar-refractivity contribution in [3.05, 3.63) is 28.5 Å². The summed E-state index contributed by atoms with van der Waals surface area (Å²) >= 11 is 3.19. The normalized spacial score (nSPS) is 22.0. The number of nitrogens with one attached hydrogen (secondary N) is 2. The highest BCUT2D eigenvalue weighted by Crippen LogP contribution is 2.31. The lowest BCUT2D eigenvalue weighted by Gasteiger charge is -2.38. The van der Waals surface area contributed by atoms with E-state index >= 15 is 0 Å². The number of benzene rings is 1. The van der Waals surface area contributed by atoms with E-state index in [2.05, 4.69) is 40.4 Å². The molecule has 1 aromatic carbocycles. The zero-order chi connectivity index (χ0) is 14.0. The molecule has 1 saturated heterocycles. The second-order valence-electron chi connectivity index (χ2n) is 5.59. The zero-order valence-electron chi connectivity index (χ0n) is 11.1. The molecule has 1 aliphatic rings. The third-order valence-electron chi connectivity index (χ3n) is 3.58. The lowest BCUT2D eigenvalue weighted by Crippen LogP contribution is -2.53. The predicted octanol–water partition coefficient (Wildman–Crippen LogP) is 3.30. The Morgan fingerprint density at radius 3 is 2.89 bits per heavy atom. The van der Waals surface area contributed by atoms with Crippen molar-refractivity contribution in [1.82, 2.24) is 5.32 Å². The molecule has 5 heteroatoms. The van der Waals surface area contributed by atoms with Gasteiger partial charge in [-0.05, 0) is 43.0 Å². The molecule has 0 aliphatic carbocycles. The van der Waals surface area contributed by atoms with Gasteiger partial charge >= 0.3 is 0 Å². The van der Waals surface area contributed by atoms with Crippen LogP contribution in [-0.4, -0.2) is 18.5 Å². The smallest absolute Gasteiger partial charge is 0.242 e. The molecule has 0 spiro atoms. The van der Waals surface area contributed by atoms with Gasteiger partial charge in [0.1, 0.15) is 5.82 Å². The number of rotatable bonds is 2. The second-order valence-corrected chi connectivity index (χ2v) is 6.51. The van der Waals surface area contributed by atoms with Gasteiger partial charge in [-0.1, -0.05) is 29.8 Å². The molecule has 2 N–H and O–H groups in total. The van der Waals surface area contributed by atoms with Crippen molar-refractivity contribution in [3.63, 3.8) is 0 Å². The molecule has 1 heterocycles. The van der Waals surface area contributed by atoms with Gasteiger partial charge in [-0.15, -0.1) is 0 Å². The van der Waals surface area contributed by atoms with Crippen molar-refractivity contribution < 1.29 is 9.18 Å². The lowest BCUT2D eigenvalue weighted by molar-refractivity contribution is -0.121. The van der Waals surface area contributed by atoms with E-state index < -0.39 is 5.82 Å². The fourth-order valence-corrected chi connectivity index (χ4v) is 2.79. The predicted molar refractivity (Wildman–Crippen MR) is 77.5 cm³/mol. The summed E-state index contributed by atoms with van der Waals surface area (Å²) in [5, 5.41) is 5.88. The van der Waals surface area contributed by atoms with Gasteiger partial charge in [-0.3, -0.25) is 4.79 Å². The maximum absolute atomic E-state index is 13.7. The van der Waals surface area contributed by atoms with Gasteiger partial charge in [0.05, 0.1) is 11.7 Å². The van der Waals surface area contributed by atoms with E-state index in [0.29, 0.717) is 4.47 Å². The third kappa shape index (κ3) is 3.34. The lowest BCUT2D eigenvalue weighted by atomic mass is 9.77. The summed E-state index contributed by atoms with van der Waals surface area (Å²) in [7, 11) is 0. The molecule has 0 radical (unpaired) electrons. The number of piperidine rings is 1. The zero-order valence-corrected chi connectivity index (χ0v) is 12.7. The van der Waals surface area contributed by atoms with E-state index in [-0.39, 0.29) is 23.1 Å². The summed E-state index contributed by atoms with van der Waals surface area (Å²) in [5.74, 6) is -0.609. The highest BCUT2D eigenvalue weighted by Gasteiger charge is 2.37. The van der Waals surface area contributed by atoms with Crippen LogP contribution in [-0.2, 0) is 4.79 Å². The summed E-state index contributed by atoms with van der Waals surface area (Å²) in [6, 6.07) is 4.32. The number of hydrogen-bond donors (Lipinski definition) is 2. The Kier molecular flexibility index (Phi) is 4.26. The van der Waals surface area contributed by atoms with E-state index in [1.807, 2.05) is 0 Å². The van der Waals surface area contributed by atoms with Crippen LogP contribution in [0.15, 0.2) is 22.7 Å². The van der Waals surface area contributed by atoms with Crippen molar-refractivity contribution in [2.24, 2.45) is 5.41 Å². The van der Waals surface area contributed by atoms with Gasteiger partial charge in [0, 0.05) is 4.47 Å². The maximum Gasteiger partial charge on any atom is 0.242 e. The highest BCUT2D eigenvalue weighted by molar-refractivity contribution is 9.10. The SMILES string of the molecule is CC1(C)CCCNC1C(=O)Nc1ccc(Br)cc1F. The molecule has 0 bridgehead atoms. The summed E-state index contributed by atoms with van der Waals surface area (Å²) < 4.78 is 14.4. The fraction of sp³-hybridized carbons (Fsp3) is 0.500. The monoisotopic (exact) mass is 328 g/mol. The Hall–Kier alpha value is -0.940. The van der Waals surface area contributed by atoms with Crippen LogP contribution in [0.2, 0.25) is 0 Å². The average molecular weight is 329 g/mol. The van der Waals surface area contributed by atoms with Crippen LogP contribution in [0.4, 0.5) is 10.1 Å². The number of anilines is 1. The van der Waals surface area contributed by atoms with Crippen LogP contribution in [0.25, 0.3) is 0 Å². The topological polar surface area (TPSA) is 41.1 Å². The van der Waals surface area contributed by atoms with Crippen LogP contribution in [0.1, 0.15) is 26.7 Å². The Morgan fingerprint density at radius 1 is 1.53 bits per heavy atom. The molecule has 1 fully saturated rings. The first-order chi connectivity index (χ1) is 8.90. The van der Waals surface area contributed by atoms with Crippen LogP contribution in [0.3, 0.4) is 0 Å². The van der Waals surface area contributed by atoms with E-state index in [0.717, 1.165) is 19.4 Å². The summed E-state index contributed by atoms with van der Waals surface area (Å²) in [6.07, 6.45) is 2.05. The Balaban J connectivity index is 2.12. The van der Waals surface area contributed by atoms with Gasteiger partial charge in [0.2, 0.25) is 5.91 Å². The largest absolute Gasteiger partial charge is 0.322 e. The standard InChI is InChI=1S/C14H18BrFN2O/c1-14(2)6-3-7-17-12(14)13(19)18-11-5-4-9(15)8-10(11)16/h4-5,8,12,17H,3,6-7H2,1-2H3,(H,18,19). The molecule has 1 unspecified atom stereocenters. The minimum atomic E-state index is -0.434. The summed E-state index contributed by atoms with van der Waals surface area (Å²) in [4.78, 5) is 12.3. The number of carbonyl (C=O) groups excluding carboxylic acids is 1. The Labute approximate surface area is 121 Å². The molecule has 2 rings (SSSR count). The minimum absolute atomic E-state index is 0.117. The Morgan fingerprint density at radius 2 is 2.26 bits per heavy atom. The van der Waals surface area contributed by atoms with Crippen molar-refractivity contribution in [2.45, 2.75) is 32.7 Å². The molecular weight excluding hydrogens is 311 g/mol. The van der Waals surface area contributed by atoms with Crippen LogP contribution in [0.5, 0.6) is 0 Å². The number of carbonyl (C=O) groups is 1. The van der Waals surface area contributed by atoms with Crippen LogP contribution < -0.4 is 10.6 Å². The van der Waals surface area contributed by atoms with Crippen LogP contribution >= 0.6 is 15.9 Å². The molecule has 3 nitrogen and oxygen atoms in total. The molecule has 0 saturated carbocycles. The van der Waals surface area contributed by atoms with Crippen molar-refractivity contribution in [2.75, 3.05) is 11.9 Å². The molecular formula is C14H18BrFN2O. The number of hydrogen-bond acceptors (Lipinski definition) is 2. The van der Waals surface area contributed by atoms with Gasteiger partial charge in [0.15, 0.2) is 0 Å². The van der Waals surface area contributed by atoms with E-state index in [1.54, 1.807) is 12.1 Å².